The molecule has 3 unspecified atom stereocenters. The minimum Gasteiger partial charge on any atom is -0.756 e. The number of nitrogens with one attached hydrogen (secondary N) is 1. The van der Waals surface area contributed by atoms with Gasteiger partial charge in [-0.25, -0.2) is 0 Å². The second kappa shape index (κ2) is 61.5. The Morgan fingerprint density at radius 3 is 1.15 bits per heavy atom. The van der Waals surface area contributed by atoms with Crippen molar-refractivity contribution >= 4 is 13.7 Å². The van der Waals surface area contributed by atoms with Crippen LogP contribution in [0.5, 0.6) is 0 Å². The molecule has 2 N–H and O–H groups in total. The van der Waals surface area contributed by atoms with Gasteiger partial charge in [-0.1, -0.05) is 289 Å². The van der Waals surface area contributed by atoms with Gasteiger partial charge in [-0.05, 0) is 103 Å². The maximum Gasteiger partial charge on any atom is 0.268 e. The molecule has 0 aliphatic rings. The molecule has 81 heavy (non-hydrogen) atoms. The summed E-state index contributed by atoms with van der Waals surface area (Å²) < 4.78 is 23.4. The van der Waals surface area contributed by atoms with Gasteiger partial charge in [-0.3, -0.25) is 9.36 Å². The second-order valence-corrected chi connectivity index (χ2v) is 24.8. The van der Waals surface area contributed by atoms with Crippen molar-refractivity contribution in [2.45, 2.75) is 289 Å². The molecule has 0 aromatic rings. The Balaban J connectivity index is 4.25. The Labute approximate surface area is 501 Å². The summed E-state index contributed by atoms with van der Waals surface area (Å²) in [6.07, 6.45) is 91.7. The number of unbranched alkanes of at least 4 members (excludes halogenated alkanes) is 29. The molecule has 0 saturated carbocycles. The number of aliphatic hydroxyl groups is 1. The number of phosphoric ester groups is 1. The Morgan fingerprint density at radius 2 is 0.765 bits per heavy atom. The van der Waals surface area contributed by atoms with Crippen molar-refractivity contribution in [3.63, 3.8) is 0 Å². The molecule has 0 bridgehead atoms. The van der Waals surface area contributed by atoms with Crippen molar-refractivity contribution in [1.82, 2.24) is 5.32 Å². The normalized spacial score (nSPS) is 14.5. The van der Waals surface area contributed by atoms with Crippen LogP contribution < -0.4 is 10.2 Å². The lowest BCUT2D eigenvalue weighted by atomic mass is 10.0. The molecular weight excluding hydrogens is 1020 g/mol. The molecule has 0 aliphatic heterocycles. The number of rotatable bonds is 60. The molecule has 0 spiro atoms. The molecular formula is C72H127N2O6P. The van der Waals surface area contributed by atoms with Gasteiger partial charge in [0.05, 0.1) is 39.9 Å². The van der Waals surface area contributed by atoms with E-state index in [1.807, 2.05) is 27.2 Å². The summed E-state index contributed by atoms with van der Waals surface area (Å²) in [5.41, 5.74) is 0. The van der Waals surface area contributed by atoms with Crippen LogP contribution in [-0.4, -0.2) is 68.5 Å². The van der Waals surface area contributed by atoms with E-state index in [1.165, 1.54) is 154 Å². The number of carbonyl (C=O) groups excluding carboxylic acids is 1. The van der Waals surface area contributed by atoms with E-state index in [0.29, 0.717) is 17.4 Å². The Morgan fingerprint density at radius 1 is 0.444 bits per heavy atom. The molecule has 0 saturated heterocycles. The summed E-state index contributed by atoms with van der Waals surface area (Å²) in [4.78, 5) is 25.6. The molecule has 0 fully saturated rings. The summed E-state index contributed by atoms with van der Waals surface area (Å²) in [5, 5.41) is 13.9. The average Bonchev–Trinajstić information content (AvgIpc) is 3.43. The van der Waals surface area contributed by atoms with E-state index in [1.54, 1.807) is 6.08 Å². The van der Waals surface area contributed by atoms with Crippen LogP contribution in [0.3, 0.4) is 0 Å². The predicted molar refractivity (Wildman–Crippen MR) is 352 cm³/mol. The minimum absolute atomic E-state index is 0.0178. The predicted octanol–water partition coefficient (Wildman–Crippen LogP) is 20.6. The van der Waals surface area contributed by atoms with Crippen molar-refractivity contribution in [1.29, 1.82) is 0 Å². The zero-order valence-electron chi connectivity index (χ0n) is 53.2. The van der Waals surface area contributed by atoms with Crippen LogP contribution in [0.2, 0.25) is 0 Å². The van der Waals surface area contributed by atoms with Crippen molar-refractivity contribution in [2.75, 3.05) is 40.9 Å². The molecule has 9 heteroatoms. The van der Waals surface area contributed by atoms with E-state index in [9.17, 15) is 19.4 Å². The number of hydrogen-bond acceptors (Lipinski definition) is 6. The first kappa shape index (κ1) is 77.9. The molecule has 0 heterocycles. The molecule has 0 radical (unpaired) electrons. The fourth-order valence-electron chi connectivity index (χ4n) is 9.23. The number of allylic oxidation sites excluding steroid dienone is 19. The van der Waals surface area contributed by atoms with Crippen molar-refractivity contribution in [3.8, 4) is 0 Å². The molecule has 0 rings (SSSR count). The molecule has 0 aliphatic carbocycles. The van der Waals surface area contributed by atoms with Gasteiger partial charge >= 0.3 is 0 Å². The Bertz CT molecular complexity index is 1730. The standard InChI is InChI=1S/C72H127N2O6P/c1-6-8-10-12-14-16-18-20-22-24-26-28-30-32-34-36-38-39-41-43-45-47-49-51-53-55-57-59-61-63-65-71(75)70(69-80-81(77,78)79-68-67-74(3,4)5)73-72(76)66-64-62-60-58-56-54-52-50-48-46-44-42-40-37-35-33-31-29-27-25-23-21-19-17-15-13-11-9-7-2/h9,11,15,17,21,23,27,29,33,35,40,42,46-49,55,57,63,65,70-71,75H,6-8,10,12-14,16,18-20,22,24-26,28,30-32,34,36-39,41,43-45,50-54,56,58-62,64,66-69H2,1-5H3,(H-,73,76,77,78)/b11-9-,17-15-,23-21-,29-27-,35-33-,42-40-,48-46-,49-47+,57-55+,65-63+. The van der Waals surface area contributed by atoms with Crippen LogP contribution in [0.1, 0.15) is 277 Å². The lowest BCUT2D eigenvalue weighted by Gasteiger charge is -2.29. The number of hydrogen-bond donors (Lipinski definition) is 2. The van der Waals surface area contributed by atoms with Crippen LogP contribution in [0.15, 0.2) is 122 Å². The van der Waals surface area contributed by atoms with Crippen molar-refractivity contribution in [2.24, 2.45) is 0 Å². The summed E-state index contributed by atoms with van der Waals surface area (Å²) in [5.74, 6) is -0.226. The summed E-state index contributed by atoms with van der Waals surface area (Å²) >= 11 is 0. The topological polar surface area (TPSA) is 108 Å². The average molecular weight is 1150 g/mol. The van der Waals surface area contributed by atoms with Gasteiger partial charge in [0.25, 0.3) is 7.82 Å². The van der Waals surface area contributed by atoms with Gasteiger partial charge in [-0.15, -0.1) is 0 Å². The van der Waals surface area contributed by atoms with Gasteiger partial charge in [0.15, 0.2) is 0 Å². The third kappa shape index (κ3) is 64.3. The lowest BCUT2D eigenvalue weighted by Crippen LogP contribution is -2.45. The quantitative estimate of drug-likeness (QED) is 0.0272. The smallest absolute Gasteiger partial charge is 0.268 e. The fraction of sp³-hybridized carbons (Fsp3) is 0.708. The highest BCUT2D eigenvalue weighted by Gasteiger charge is 2.23. The zero-order chi connectivity index (χ0) is 59.1. The highest BCUT2D eigenvalue weighted by atomic mass is 31.2. The summed E-state index contributed by atoms with van der Waals surface area (Å²) in [6.45, 7) is 4.51. The highest BCUT2D eigenvalue weighted by molar-refractivity contribution is 7.45. The maximum absolute atomic E-state index is 13.0. The first-order chi connectivity index (χ1) is 39.5. The number of quaternary nitrogens is 1. The number of nitrogens with zero attached hydrogens (tertiary/aromatic N) is 1. The van der Waals surface area contributed by atoms with Crippen molar-refractivity contribution < 1.29 is 32.9 Å². The van der Waals surface area contributed by atoms with Gasteiger partial charge in [0.1, 0.15) is 13.2 Å². The van der Waals surface area contributed by atoms with Gasteiger partial charge < -0.3 is 28.8 Å². The lowest BCUT2D eigenvalue weighted by molar-refractivity contribution is -0.870. The zero-order valence-corrected chi connectivity index (χ0v) is 54.1. The molecule has 0 aromatic carbocycles. The number of phosphoric acid groups is 1. The Hall–Kier alpha value is -3.10. The number of carbonyl (C=O) groups is 1. The first-order valence-electron chi connectivity index (χ1n) is 33.4. The van der Waals surface area contributed by atoms with Gasteiger partial charge in [-0.2, -0.15) is 0 Å². The van der Waals surface area contributed by atoms with E-state index in [4.69, 9.17) is 9.05 Å². The van der Waals surface area contributed by atoms with Gasteiger partial charge in [0, 0.05) is 6.42 Å². The molecule has 0 aromatic heterocycles. The van der Waals surface area contributed by atoms with E-state index in [-0.39, 0.29) is 12.5 Å². The van der Waals surface area contributed by atoms with Crippen LogP contribution in [0.25, 0.3) is 0 Å². The van der Waals surface area contributed by atoms with E-state index in [2.05, 4.69) is 129 Å². The third-order valence-electron chi connectivity index (χ3n) is 14.4. The molecule has 466 valence electrons. The summed E-state index contributed by atoms with van der Waals surface area (Å²) in [6, 6.07) is -0.927. The molecule has 1 amide bonds. The number of likely N-dealkylation sites (N-methyl/N-ethyl adjacent to an activating group) is 1. The SMILES string of the molecule is CC/C=C\C/C=C\C/C=C\C/C=C\C/C=C\C/C=C\C/C=C\CCCCCCCCCC(=O)NC(COP(=O)([O-])OCC[N+](C)(C)C)C(O)/C=C/CC/C=C/CC/C=C/CCCCCCCCCCCCCCCCCCCCCC. The van der Waals surface area contributed by atoms with Gasteiger partial charge in [0.2, 0.25) is 5.91 Å². The number of amides is 1. The summed E-state index contributed by atoms with van der Waals surface area (Å²) in [7, 11) is 1.21. The minimum atomic E-state index is -4.63. The maximum atomic E-state index is 13.0. The van der Waals surface area contributed by atoms with Crippen molar-refractivity contribution in [3.05, 3.63) is 122 Å². The fourth-order valence-corrected chi connectivity index (χ4v) is 9.95. The van der Waals surface area contributed by atoms with Crippen LogP contribution >= 0.6 is 7.82 Å². The first-order valence-corrected chi connectivity index (χ1v) is 34.9. The Kier molecular flexibility index (Phi) is 59.1. The highest BCUT2D eigenvalue weighted by Crippen LogP contribution is 2.38. The molecule has 3 atom stereocenters. The van der Waals surface area contributed by atoms with Crippen LogP contribution in [0.4, 0.5) is 0 Å². The van der Waals surface area contributed by atoms with E-state index < -0.39 is 26.6 Å². The van der Waals surface area contributed by atoms with E-state index in [0.717, 1.165) is 103 Å². The van der Waals surface area contributed by atoms with Crippen LogP contribution in [0, 0.1) is 0 Å². The molecule has 8 nitrogen and oxygen atoms in total. The van der Waals surface area contributed by atoms with E-state index >= 15 is 0 Å². The second-order valence-electron chi connectivity index (χ2n) is 23.4. The third-order valence-corrected chi connectivity index (χ3v) is 15.3. The monoisotopic (exact) mass is 1150 g/mol. The van der Waals surface area contributed by atoms with Crippen LogP contribution in [-0.2, 0) is 18.4 Å². The number of aliphatic hydroxyl groups excluding tert-OH is 1. The largest absolute Gasteiger partial charge is 0.756 e.